The minimum Gasteiger partial charge on any atom is -0.476 e. The molecule has 2 heterocycles. The topological polar surface area (TPSA) is 85.8 Å². The second-order valence-corrected chi connectivity index (χ2v) is 3.73. The molecule has 0 aliphatic rings. The van der Waals surface area contributed by atoms with E-state index < -0.39 is 5.97 Å². The van der Waals surface area contributed by atoms with Crippen LogP contribution in [0, 0.1) is 0 Å². The van der Waals surface area contributed by atoms with E-state index in [2.05, 4.69) is 22.0 Å². The van der Waals surface area contributed by atoms with Crippen LogP contribution in [-0.4, -0.2) is 35.9 Å². The first kappa shape index (κ1) is 12.0. The summed E-state index contributed by atoms with van der Waals surface area (Å²) in [7, 11) is 1.74. The van der Waals surface area contributed by atoms with Gasteiger partial charge in [-0.2, -0.15) is 5.10 Å². The Balaban J connectivity index is 2.53. The van der Waals surface area contributed by atoms with Crippen LogP contribution in [0.4, 0.5) is 0 Å². The average Bonchev–Trinajstić information content (AvgIpc) is 2.91. The van der Waals surface area contributed by atoms with Gasteiger partial charge < -0.3 is 5.11 Å². The summed E-state index contributed by atoms with van der Waals surface area (Å²) in [5.74, 6) is -1.10. The summed E-state index contributed by atoms with van der Waals surface area (Å²) in [5.41, 5.74) is 1.06. The van der Waals surface area contributed by atoms with Crippen LogP contribution in [0.3, 0.4) is 0 Å². The number of aromatic carboxylic acids is 1. The van der Waals surface area contributed by atoms with Crippen molar-refractivity contribution in [1.29, 1.82) is 0 Å². The lowest BCUT2D eigenvalue weighted by molar-refractivity contribution is 0.0691. The van der Waals surface area contributed by atoms with E-state index in [1.165, 1.54) is 0 Å². The Kier molecular flexibility index (Phi) is 3.22. The maximum absolute atomic E-state index is 11.1. The molecule has 0 amide bonds. The second kappa shape index (κ2) is 4.82. The summed E-state index contributed by atoms with van der Waals surface area (Å²) < 4.78 is 3.15. The standard InChI is InChI=1S/C11H13N5O2/c1-3-4-7-16-10(8-5-6-12-15(8)2)9(11(17)18)13-14-16/h3,5-6H,1,4,7H2,2H3,(H,17,18). The zero-order valence-corrected chi connectivity index (χ0v) is 9.94. The van der Waals surface area contributed by atoms with E-state index in [4.69, 9.17) is 5.11 Å². The second-order valence-electron chi connectivity index (χ2n) is 3.73. The third-order valence-corrected chi connectivity index (χ3v) is 2.55. The molecule has 18 heavy (non-hydrogen) atoms. The highest BCUT2D eigenvalue weighted by Crippen LogP contribution is 2.21. The van der Waals surface area contributed by atoms with Crippen molar-refractivity contribution >= 4 is 5.97 Å². The van der Waals surface area contributed by atoms with E-state index in [0.29, 0.717) is 24.4 Å². The van der Waals surface area contributed by atoms with Gasteiger partial charge in [-0.05, 0) is 12.5 Å². The summed E-state index contributed by atoms with van der Waals surface area (Å²) in [6.07, 6.45) is 4.04. The maximum atomic E-state index is 11.1. The molecule has 2 rings (SSSR count). The zero-order valence-electron chi connectivity index (χ0n) is 9.94. The first-order valence-corrected chi connectivity index (χ1v) is 5.41. The van der Waals surface area contributed by atoms with Crippen molar-refractivity contribution in [1.82, 2.24) is 24.8 Å². The SMILES string of the molecule is C=CCCn1nnc(C(=O)O)c1-c1ccnn1C. The molecule has 2 aromatic rings. The Morgan fingerprint density at radius 3 is 2.94 bits per heavy atom. The van der Waals surface area contributed by atoms with E-state index in [1.54, 1.807) is 34.8 Å². The molecule has 0 bridgehead atoms. The highest BCUT2D eigenvalue weighted by molar-refractivity contribution is 5.92. The molecule has 0 aliphatic heterocycles. The minimum atomic E-state index is -1.10. The lowest BCUT2D eigenvalue weighted by Gasteiger charge is -2.06. The number of rotatable bonds is 5. The van der Waals surface area contributed by atoms with Gasteiger partial charge in [0.05, 0.1) is 5.69 Å². The molecule has 0 aliphatic carbocycles. The molecule has 0 fully saturated rings. The Labute approximate surface area is 103 Å². The van der Waals surface area contributed by atoms with Gasteiger partial charge in [0, 0.05) is 19.8 Å². The van der Waals surface area contributed by atoms with E-state index in [0.717, 1.165) is 0 Å². The molecule has 2 aromatic heterocycles. The van der Waals surface area contributed by atoms with Crippen LogP contribution in [0.1, 0.15) is 16.9 Å². The summed E-state index contributed by atoms with van der Waals surface area (Å²) in [6, 6.07) is 1.73. The smallest absolute Gasteiger partial charge is 0.358 e. The largest absolute Gasteiger partial charge is 0.476 e. The Hall–Kier alpha value is -2.44. The van der Waals surface area contributed by atoms with Crippen molar-refractivity contribution in [2.24, 2.45) is 7.05 Å². The van der Waals surface area contributed by atoms with Gasteiger partial charge in [0.2, 0.25) is 0 Å². The number of carbonyl (C=O) groups is 1. The highest BCUT2D eigenvalue weighted by Gasteiger charge is 2.22. The summed E-state index contributed by atoms with van der Waals surface area (Å²) >= 11 is 0. The fourth-order valence-corrected chi connectivity index (χ4v) is 1.69. The molecule has 0 spiro atoms. The van der Waals surface area contributed by atoms with Crippen LogP contribution in [0.25, 0.3) is 11.4 Å². The van der Waals surface area contributed by atoms with Crippen LogP contribution >= 0.6 is 0 Å². The minimum absolute atomic E-state index is 0.0670. The van der Waals surface area contributed by atoms with Crippen LogP contribution in [0.2, 0.25) is 0 Å². The van der Waals surface area contributed by atoms with Crippen molar-refractivity contribution in [2.75, 3.05) is 0 Å². The molecule has 0 saturated heterocycles. The number of aryl methyl sites for hydroxylation is 2. The van der Waals surface area contributed by atoms with Crippen LogP contribution < -0.4 is 0 Å². The molecule has 7 heteroatoms. The van der Waals surface area contributed by atoms with Gasteiger partial charge in [0.25, 0.3) is 0 Å². The van der Waals surface area contributed by atoms with Crippen LogP contribution in [0.15, 0.2) is 24.9 Å². The number of carboxylic acid groups (broad SMARTS) is 1. The summed E-state index contributed by atoms with van der Waals surface area (Å²) in [6.45, 7) is 4.16. The lowest BCUT2D eigenvalue weighted by Crippen LogP contribution is -2.07. The summed E-state index contributed by atoms with van der Waals surface area (Å²) in [5, 5.41) is 20.7. The van der Waals surface area contributed by atoms with E-state index in [1.807, 2.05) is 0 Å². The van der Waals surface area contributed by atoms with Crippen molar-refractivity contribution < 1.29 is 9.90 Å². The van der Waals surface area contributed by atoms with E-state index >= 15 is 0 Å². The summed E-state index contributed by atoms with van der Waals surface area (Å²) in [4.78, 5) is 11.1. The fraction of sp³-hybridized carbons (Fsp3) is 0.273. The molecular weight excluding hydrogens is 234 g/mol. The van der Waals surface area contributed by atoms with E-state index in [-0.39, 0.29) is 5.69 Å². The number of hydrogen-bond donors (Lipinski definition) is 1. The molecule has 1 N–H and O–H groups in total. The molecule has 0 aromatic carbocycles. The van der Waals surface area contributed by atoms with Crippen molar-refractivity contribution in [3.63, 3.8) is 0 Å². The molecule has 7 nitrogen and oxygen atoms in total. The Morgan fingerprint density at radius 1 is 1.61 bits per heavy atom. The van der Waals surface area contributed by atoms with Crippen LogP contribution in [-0.2, 0) is 13.6 Å². The quantitative estimate of drug-likeness (QED) is 0.795. The van der Waals surface area contributed by atoms with Gasteiger partial charge >= 0.3 is 5.97 Å². The van der Waals surface area contributed by atoms with Gasteiger partial charge in [-0.25, -0.2) is 9.48 Å². The maximum Gasteiger partial charge on any atom is 0.358 e. The Morgan fingerprint density at radius 2 is 2.39 bits per heavy atom. The lowest BCUT2D eigenvalue weighted by atomic mass is 10.2. The molecule has 0 atom stereocenters. The predicted octanol–water partition coefficient (Wildman–Crippen LogP) is 0.953. The van der Waals surface area contributed by atoms with Crippen molar-refractivity contribution in [3.8, 4) is 11.4 Å². The van der Waals surface area contributed by atoms with Gasteiger partial charge in [-0.3, -0.25) is 4.68 Å². The third-order valence-electron chi connectivity index (χ3n) is 2.55. The Bertz CT molecular complexity index is 584. The molecular formula is C11H13N5O2. The number of nitrogens with zero attached hydrogens (tertiary/aromatic N) is 5. The first-order chi connectivity index (χ1) is 8.65. The van der Waals surface area contributed by atoms with Gasteiger partial charge in [0.1, 0.15) is 5.69 Å². The van der Waals surface area contributed by atoms with Gasteiger partial charge in [0.15, 0.2) is 5.69 Å². The van der Waals surface area contributed by atoms with E-state index in [9.17, 15) is 4.79 Å². The number of allylic oxidation sites excluding steroid dienone is 1. The molecule has 94 valence electrons. The fourth-order valence-electron chi connectivity index (χ4n) is 1.69. The molecule has 0 radical (unpaired) electrons. The normalized spacial score (nSPS) is 10.5. The zero-order chi connectivity index (χ0) is 13.1. The monoisotopic (exact) mass is 247 g/mol. The van der Waals surface area contributed by atoms with Crippen molar-refractivity contribution in [3.05, 3.63) is 30.6 Å². The van der Waals surface area contributed by atoms with Crippen molar-refractivity contribution in [2.45, 2.75) is 13.0 Å². The molecule has 0 unspecified atom stereocenters. The van der Waals surface area contributed by atoms with Crippen LogP contribution in [0.5, 0.6) is 0 Å². The predicted molar refractivity (Wildman–Crippen MR) is 64.0 cm³/mol. The van der Waals surface area contributed by atoms with Gasteiger partial charge in [-0.15, -0.1) is 11.7 Å². The van der Waals surface area contributed by atoms with Gasteiger partial charge in [-0.1, -0.05) is 11.3 Å². The third kappa shape index (κ3) is 2.02. The first-order valence-electron chi connectivity index (χ1n) is 5.41. The number of carboxylic acids is 1. The number of hydrogen-bond acceptors (Lipinski definition) is 4. The molecule has 0 saturated carbocycles. The average molecular weight is 247 g/mol. The number of aromatic nitrogens is 5. The highest BCUT2D eigenvalue weighted by atomic mass is 16.4.